The van der Waals surface area contributed by atoms with Gasteiger partial charge in [0, 0.05) is 24.7 Å². The van der Waals surface area contributed by atoms with Crippen LogP contribution < -0.4 is 27.4 Å². The molecule has 0 aliphatic heterocycles. The first-order valence-electron chi connectivity index (χ1n) is 9.75. The highest BCUT2D eigenvalue weighted by Gasteiger charge is 2.32. The number of carbonyl (C=O) groups excluding carboxylic acids is 4. The quantitative estimate of drug-likeness (QED) is 0.147. The van der Waals surface area contributed by atoms with Gasteiger partial charge in [-0.1, -0.05) is 0 Å². The number of carboxylic acids is 1. The minimum Gasteiger partial charge on any atom is -0.480 e. The zero-order valence-corrected chi connectivity index (χ0v) is 17.7. The Balaban J connectivity index is 3.06. The molecule has 0 fully saturated rings. The Labute approximate surface area is 183 Å². The summed E-state index contributed by atoms with van der Waals surface area (Å²) in [6.45, 7) is 2.58. The second-order valence-electron chi connectivity index (χ2n) is 7.26. The highest BCUT2D eigenvalue weighted by Crippen LogP contribution is 2.05. The van der Waals surface area contributed by atoms with Gasteiger partial charge in [0.15, 0.2) is 6.04 Å². The normalized spacial score (nSPS) is 15.5. The first kappa shape index (κ1) is 26.5. The minimum atomic E-state index is -1.62. The van der Waals surface area contributed by atoms with E-state index in [1.807, 2.05) is 0 Å². The average Bonchev–Trinajstić information content (AvgIpc) is 3.20. The molecule has 32 heavy (non-hydrogen) atoms. The maximum absolute atomic E-state index is 12.8. The van der Waals surface area contributed by atoms with E-state index in [0.29, 0.717) is 5.69 Å². The molecule has 14 heteroatoms. The SMILES string of the molecule is CC(N)C(=O)NC(CCC(N)=O)C(=O)NC(Cc1cnc[nH]1)C(=O)NC(C(=O)O)C(C)O. The van der Waals surface area contributed by atoms with Crippen molar-refractivity contribution in [1.82, 2.24) is 25.9 Å². The number of H-pyrrole nitrogens is 1. The highest BCUT2D eigenvalue weighted by molar-refractivity contribution is 5.94. The second kappa shape index (κ2) is 12.4. The number of nitrogens with one attached hydrogen (secondary N) is 4. The van der Waals surface area contributed by atoms with E-state index in [9.17, 15) is 34.2 Å². The number of aliphatic carboxylic acids is 1. The van der Waals surface area contributed by atoms with Crippen LogP contribution in [0.3, 0.4) is 0 Å². The molecule has 4 amide bonds. The van der Waals surface area contributed by atoms with Crippen LogP contribution in [-0.2, 0) is 30.4 Å². The van der Waals surface area contributed by atoms with Crippen molar-refractivity contribution in [3.8, 4) is 0 Å². The smallest absolute Gasteiger partial charge is 0.328 e. The third-order valence-corrected chi connectivity index (χ3v) is 4.38. The van der Waals surface area contributed by atoms with Gasteiger partial charge in [0.05, 0.1) is 18.5 Å². The molecule has 178 valence electrons. The molecule has 5 atom stereocenters. The van der Waals surface area contributed by atoms with E-state index >= 15 is 0 Å². The molecule has 0 saturated carbocycles. The first-order chi connectivity index (χ1) is 14.9. The molecule has 14 nitrogen and oxygen atoms in total. The highest BCUT2D eigenvalue weighted by atomic mass is 16.4. The van der Waals surface area contributed by atoms with Crippen LogP contribution in [0.1, 0.15) is 32.4 Å². The summed E-state index contributed by atoms with van der Waals surface area (Å²) in [5, 5.41) is 25.8. The molecule has 0 spiro atoms. The van der Waals surface area contributed by atoms with E-state index in [0.717, 1.165) is 0 Å². The number of primary amides is 1. The number of aliphatic hydroxyl groups excluding tert-OH is 1. The fourth-order valence-electron chi connectivity index (χ4n) is 2.60. The molecule has 1 aromatic heterocycles. The fraction of sp³-hybridized carbons (Fsp3) is 0.556. The molecule has 0 saturated heterocycles. The van der Waals surface area contributed by atoms with Crippen molar-refractivity contribution < 1.29 is 34.2 Å². The molecule has 0 aliphatic rings. The lowest BCUT2D eigenvalue weighted by Crippen LogP contribution is -2.58. The molecular weight excluding hydrogens is 426 g/mol. The summed E-state index contributed by atoms with van der Waals surface area (Å²) in [4.78, 5) is 66.5. The monoisotopic (exact) mass is 455 g/mol. The largest absolute Gasteiger partial charge is 0.480 e. The van der Waals surface area contributed by atoms with Gasteiger partial charge < -0.3 is 42.6 Å². The van der Waals surface area contributed by atoms with E-state index in [4.69, 9.17) is 11.5 Å². The van der Waals surface area contributed by atoms with Gasteiger partial charge in [-0.3, -0.25) is 19.2 Å². The van der Waals surface area contributed by atoms with E-state index in [-0.39, 0.29) is 19.3 Å². The molecule has 0 aromatic carbocycles. The lowest BCUT2D eigenvalue weighted by atomic mass is 10.1. The molecule has 1 rings (SSSR count). The summed E-state index contributed by atoms with van der Waals surface area (Å²) in [7, 11) is 0. The molecular formula is C18H29N7O7. The Kier molecular flexibility index (Phi) is 10.2. The fourth-order valence-corrected chi connectivity index (χ4v) is 2.60. The molecule has 1 aromatic rings. The second-order valence-corrected chi connectivity index (χ2v) is 7.26. The molecule has 0 bridgehead atoms. The third-order valence-electron chi connectivity index (χ3n) is 4.38. The van der Waals surface area contributed by atoms with Crippen LogP contribution in [0.2, 0.25) is 0 Å². The number of amides is 4. The summed E-state index contributed by atoms with van der Waals surface area (Å²) in [6.07, 6.45) is 0.863. The summed E-state index contributed by atoms with van der Waals surface area (Å²) in [6, 6.07) is -5.09. The van der Waals surface area contributed by atoms with E-state index in [1.54, 1.807) is 0 Å². The lowest BCUT2D eigenvalue weighted by Gasteiger charge is -2.25. The Bertz CT molecular complexity index is 811. The van der Waals surface area contributed by atoms with Crippen LogP contribution >= 0.6 is 0 Å². The van der Waals surface area contributed by atoms with Crippen LogP contribution in [0.4, 0.5) is 0 Å². The Morgan fingerprint density at radius 2 is 1.66 bits per heavy atom. The number of carbonyl (C=O) groups is 5. The number of aromatic nitrogens is 2. The lowest BCUT2D eigenvalue weighted by molar-refractivity contribution is -0.145. The zero-order valence-electron chi connectivity index (χ0n) is 17.7. The number of hydrogen-bond acceptors (Lipinski definition) is 8. The number of hydrogen-bond donors (Lipinski definition) is 8. The number of rotatable bonds is 13. The average molecular weight is 455 g/mol. The maximum atomic E-state index is 12.8. The number of carboxylic acid groups (broad SMARTS) is 1. The Hall–Kier alpha value is -3.52. The van der Waals surface area contributed by atoms with Gasteiger partial charge in [-0.15, -0.1) is 0 Å². The first-order valence-corrected chi connectivity index (χ1v) is 9.75. The van der Waals surface area contributed by atoms with Crippen molar-refractivity contribution in [2.45, 2.75) is 63.4 Å². The Morgan fingerprint density at radius 1 is 1.06 bits per heavy atom. The van der Waals surface area contributed by atoms with Crippen LogP contribution in [0.15, 0.2) is 12.5 Å². The molecule has 1 heterocycles. The Morgan fingerprint density at radius 3 is 2.12 bits per heavy atom. The van der Waals surface area contributed by atoms with E-state index in [1.165, 1.54) is 26.4 Å². The van der Waals surface area contributed by atoms with Crippen molar-refractivity contribution in [2.75, 3.05) is 0 Å². The minimum absolute atomic E-state index is 0.104. The topological polar surface area (TPSA) is 243 Å². The van der Waals surface area contributed by atoms with Crippen molar-refractivity contribution in [1.29, 1.82) is 0 Å². The van der Waals surface area contributed by atoms with Gasteiger partial charge in [-0.05, 0) is 20.3 Å². The van der Waals surface area contributed by atoms with E-state index < -0.39 is 59.9 Å². The van der Waals surface area contributed by atoms with Crippen molar-refractivity contribution in [3.05, 3.63) is 18.2 Å². The zero-order chi connectivity index (χ0) is 24.4. The maximum Gasteiger partial charge on any atom is 0.328 e. The molecule has 5 unspecified atom stereocenters. The van der Waals surface area contributed by atoms with Gasteiger partial charge in [0.25, 0.3) is 0 Å². The predicted octanol–water partition coefficient (Wildman–Crippen LogP) is -3.52. The summed E-state index contributed by atoms with van der Waals surface area (Å²) < 4.78 is 0. The van der Waals surface area contributed by atoms with Gasteiger partial charge in [-0.2, -0.15) is 0 Å². The van der Waals surface area contributed by atoms with Gasteiger partial charge in [0.1, 0.15) is 12.1 Å². The number of aliphatic hydroxyl groups is 1. The standard InChI is InChI=1S/C18H29N7O7/c1-8(19)15(28)23-11(3-4-13(20)27)16(29)24-12(5-10-6-21-7-22-10)17(30)25-14(9(2)26)18(31)32/h6-9,11-12,14,26H,3-5,19H2,1-2H3,(H2,20,27)(H,21,22)(H,23,28)(H,24,29)(H,25,30)(H,31,32). The number of aromatic amines is 1. The van der Waals surface area contributed by atoms with Gasteiger partial charge >= 0.3 is 5.97 Å². The molecule has 0 radical (unpaired) electrons. The van der Waals surface area contributed by atoms with Crippen LogP contribution in [0, 0.1) is 0 Å². The number of imidazole rings is 1. The predicted molar refractivity (Wildman–Crippen MR) is 109 cm³/mol. The van der Waals surface area contributed by atoms with Crippen LogP contribution in [0.25, 0.3) is 0 Å². The van der Waals surface area contributed by atoms with Gasteiger partial charge in [-0.25, -0.2) is 9.78 Å². The molecule has 10 N–H and O–H groups in total. The summed E-state index contributed by atoms with van der Waals surface area (Å²) in [5.41, 5.74) is 11.1. The number of nitrogens with two attached hydrogens (primary N) is 2. The number of nitrogens with zero attached hydrogens (tertiary/aromatic N) is 1. The van der Waals surface area contributed by atoms with Crippen LogP contribution in [0.5, 0.6) is 0 Å². The van der Waals surface area contributed by atoms with Crippen molar-refractivity contribution >= 4 is 29.6 Å². The van der Waals surface area contributed by atoms with Crippen LogP contribution in [-0.4, -0.2) is 80.1 Å². The summed E-state index contributed by atoms with van der Waals surface area (Å²) in [5.74, 6) is -4.55. The van der Waals surface area contributed by atoms with Crippen molar-refractivity contribution in [2.24, 2.45) is 11.5 Å². The third kappa shape index (κ3) is 8.69. The van der Waals surface area contributed by atoms with E-state index in [2.05, 4.69) is 25.9 Å². The van der Waals surface area contributed by atoms with Gasteiger partial charge in [0.2, 0.25) is 23.6 Å². The summed E-state index contributed by atoms with van der Waals surface area (Å²) >= 11 is 0. The molecule has 0 aliphatic carbocycles. The van der Waals surface area contributed by atoms with Crippen molar-refractivity contribution in [3.63, 3.8) is 0 Å².